The fourth-order valence-electron chi connectivity index (χ4n) is 1.86. The summed E-state index contributed by atoms with van der Waals surface area (Å²) >= 11 is 0. The molecule has 2 heterocycles. The highest BCUT2D eigenvalue weighted by Gasteiger charge is 2.28. The zero-order valence-corrected chi connectivity index (χ0v) is 9.14. The maximum absolute atomic E-state index is 10.7. The number of H-pyrrole nitrogens is 1. The molecule has 2 rings (SSSR count). The first-order chi connectivity index (χ1) is 7.66. The SMILES string of the molecule is Cc1cnc([C@@H]2COCCN2CC(=O)O)[nH]1. The van der Waals surface area contributed by atoms with Crippen LogP contribution in [-0.2, 0) is 9.53 Å². The highest BCUT2D eigenvalue weighted by atomic mass is 16.5. The Kier molecular flexibility index (Phi) is 3.21. The first-order valence-electron chi connectivity index (χ1n) is 5.22. The predicted molar refractivity (Wildman–Crippen MR) is 56.1 cm³/mol. The third-order valence-corrected chi connectivity index (χ3v) is 2.62. The van der Waals surface area contributed by atoms with Crippen LogP contribution in [0.1, 0.15) is 17.6 Å². The number of carboxylic acids is 1. The van der Waals surface area contributed by atoms with Gasteiger partial charge in [0.1, 0.15) is 5.82 Å². The van der Waals surface area contributed by atoms with Crippen molar-refractivity contribution in [2.24, 2.45) is 0 Å². The van der Waals surface area contributed by atoms with Gasteiger partial charge in [-0.3, -0.25) is 9.69 Å². The number of aliphatic carboxylic acids is 1. The lowest BCUT2D eigenvalue weighted by atomic mass is 10.2. The van der Waals surface area contributed by atoms with Gasteiger partial charge in [0.15, 0.2) is 0 Å². The van der Waals surface area contributed by atoms with Gasteiger partial charge in [0.05, 0.1) is 25.8 Å². The average molecular weight is 225 g/mol. The van der Waals surface area contributed by atoms with E-state index in [4.69, 9.17) is 9.84 Å². The molecule has 1 aromatic rings. The fraction of sp³-hybridized carbons (Fsp3) is 0.600. The van der Waals surface area contributed by atoms with Crippen LogP contribution in [0.3, 0.4) is 0 Å². The molecule has 1 saturated heterocycles. The van der Waals surface area contributed by atoms with Crippen molar-refractivity contribution >= 4 is 5.97 Å². The summed E-state index contributed by atoms with van der Waals surface area (Å²) in [5, 5.41) is 8.82. The van der Waals surface area contributed by atoms with Crippen molar-refractivity contribution < 1.29 is 14.6 Å². The summed E-state index contributed by atoms with van der Waals surface area (Å²) in [5.41, 5.74) is 0.968. The standard InChI is InChI=1S/C10H15N3O3/c1-7-4-11-10(12-7)8-6-16-3-2-13(8)5-9(14)15/h4,8H,2-3,5-6H2,1H3,(H,11,12)(H,14,15)/t8-/m0/s1. The van der Waals surface area contributed by atoms with Crippen LogP contribution in [0.5, 0.6) is 0 Å². The van der Waals surface area contributed by atoms with Gasteiger partial charge in [-0.05, 0) is 6.92 Å². The molecule has 0 unspecified atom stereocenters. The third-order valence-electron chi connectivity index (χ3n) is 2.62. The van der Waals surface area contributed by atoms with Crippen molar-refractivity contribution in [3.05, 3.63) is 17.7 Å². The smallest absolute Gasteiger partial charge is 0.317 e. The van der Waals surface area contributed by atoms with E-state index < -0.39 is 5.97 Å². The van der Waals surface area contributed by atoms with Crippen molar-refractivity contribution in [3.8, 4) is 0 Å². The first-order valence-corrected chi connectivity index (χ1v) is 5.22. The van der Waals surface area contributed by atoms with E-state index in [1.165, 1.54) is 0 Å². The molecule has 1 aliphatic heterocycles. The van der Waals surface area contributed by atoms with E-state index in [9.17, 15) is 4.79 Å². The zero-order chi connectivity index (χ0) is 11.5. The van der Waals surface area contributed by atoms with Crippen molar-refractivity contribution in [3.63, 3.8) is 0 Å². The van der Waals surface area contributed by atoms with E-state index in [2.05, 4.69) is 9.97 Å². The van der Waals surface area contributed by atoms with Crippen LogP contribution >= 0.6 is 0 Å². The summed E-state index contributed by atoms with van der Waals surface area (Å²) < 4.78 is 5.36. The molecule has 0 bridgehead atoms. The molecule has 0 aliphatic carbocycles. The Labute approximate surface area is 93.2 Å². The normalized spacial score (nSPS) is 22.2. The summed E-state index contributed by atoms with van der Waals surface area (Å²) in [7, 11) is 0. The lowest BCUT2D eigenvalue weighted by Gasteiger charge is -2.32. The molecule has 1 fully saturated rings. The van der Waals surface area contributed by atoms with Gasteiger partial charge in [-0.15, -0.1) is 0 Å². The zero-order valence-electron chi connectivity index (χ0n) is 9.14. The van der Waals surface area contributed by atoms with Crippen molar-refractivity contribution in [2.45, 2.75) is 13.0 Å². The molecule has 0 amide bonds. The van der Waals surface area contributed by atoms with Gasteiger partial charge in [0.25, 0.3) is 0 Å². The van der Waals surface area contributed by atoms with Crippen LogP contribution < -0.4 is 0 Å². The minimum absolute atomic E-state index is 0.0216. The second kappa shape index (κ2) is 4.63. The van der Waals surface area contributed by atoms with Gasteiger partial charge < -0.3 is 14.8 Å². The molecule has 1 aliphatic rings. The number of morpholine rings is 1. The maximum atomic E-state index is 10.7. The Morgan fingerprint density at radius 2 is 2.62 bits per heavy atom. The minimum atomic E-state index is -0.824. The Morgan fingerprint density at radius 1 is 1.81 bits per heavy atom. The fourth-order valence-corrected chi connectivity index (χ4v) is 1.86. The molecule has 88 valence electrons. The van der Waals surface area contributed by atoms with Crippen LogP contribution in [-0.4, -0.2) is 52.2 Å². The molecule has 16 heavy (non-hydrogen) atoms. The number of rotatable bonds is 3. The lowest BCUT2D eigenvalue weighted by Crippen LogP contribution is -2.42. The van der Waals surface area contributed by atoms with Crippen LogP contribution in [0.25, 0.3) is 0 Å². The number of aryl methyl sites for hydroxylation is 1. The Balaban J connectivity index is 2.12. The van der Waals surface area contributed by atoms with E-state index in [1.54, 1.807) is 6.20 Å². The largest absolute Gasteiger partial charge is 0.480 e. The number of carboxylic acid groups (broad SMARTS) is 1. The van der Waals surface area contributed by atoms with Crippen molar-refractivity contribution in [2.75, 3.05) is 26.3 Å². The van der Waals surface area contributed by atoms with Crippen LogP contribution in [0.2, 0.25) is 0 Å². The van der Waals surface area contributed by atoms with Gasteiger partial charge in [0.2, 0.25) is 0 Å². The first kappa shape index (κ1) is 11.1. The van der Waals surface area contributed by atoms with Gasteiger partial charge in [0, 0.05) is 18.4 Å². The van der Waals surface area contributed by atoms with E-state index in [0.29, 0.717) is 19.8 Å². The van der Waals surface area contributed by atoms with Crippen LogP contribution in [0.15, 0.2) is 6.20 Å². The van der Waals surface area contributed by atoms with E-state index >= 15 is 0 Å². The highest BCUT2D eigenvalue weighted by molar-refractivity contribution is 5.69. The van der Waals surface area contributed by atoms with Gasteiger partial charge in [-0.1, -0.05) is 0 Å². The highest BCUT2D eigenvalue weighted by Crippen LogP contribution is 2.21. The molecule has 0 saturated carbocycles. The average Bonchev–Trinajstić information content (AvgIpc) is 2.65. The van der Waals surface area contributed by atoms with Crippen LogP contribution in [0.4, 0.5) is 0 Å². The van der Waals surface area contributed by atoms with E-state index in [0.717, 1.165) is 11.5 Å². The summed E-state index contributed by atoms with van der Waals surface area (Å²) in [6.07, 6.45) is 1.74. The second-order valence-electron chi connectivity index (χ2n) is 3.91. The lowest BCUT2D eigenvalue weighted by molar-refractivity contribution is -0.140. The molecule has 2 N–H and O–H groups in total. The van der Waals surface area contributed by atoms with Crippen LogP contribution in [0, 0.1) is 6.92 Å². The number of carbonyl (C=O) groups is 1. The second-order valence-corrected chi connectivity index (χ2v) is 3.91. The molecule has 6 nitrogen and oxygen atoms in total. The van der Waals surface area contributed by atoms with E-state index in [-0.39, 0.29) is 12.6 Å². The molecule has 0 aromatic carbocycles. The summed E-state index contributed by atoms with van der Waals surface area (Å²) in [6, 6.07) is -0.0847. The maximum Gasteiger partial charge on any atom is 0.317 e. The third kappa shape index (κ3) is 2.40. The molecule has 6 heteroatoms. The predicted octanol–water partition coefficient (Wildman–Crippen LogP) is 0.176. The molecule has 0 spiro atoms. The number of ether oxygens (including phenoxy) is 1. The van der Waals surface area contributed by atoms with Gasteiger partial charge in [-0.2, -0.15) is 0 Å². The summed E-state index contributed by atoms with van der Waals surface area (Å²) in [4.78, 5) is 20.0. The number of aromatic nitrogens is 2. The van der Waals surface area contributed by atoms with Crippen molar-refractivity contribution in [1.82, 2.24) is 14.9 Å². The van der Waals surface area contributed by atoms with Crippen molar-refractivity contribution in [1.29, 1.82) is 0 Å². The van der Waals surface area contributed by atoms with E-state index in [1.807, 2.05) is 11.8 Å². The number of nitrogens with zero attached hydrogens (tertiary/aromatic N) is 2. The molecule has 0 radical (unpaired) electrons. The van der Waals surface area contributed by atoms with Gasteiger partial charge in [-0.25, -0.2) is 4.98 Å². The minimum Gasteiger partial charge on any atom is -0.480 e. The molecule has 1 atom stereocenters. The quantitative estimate of drug-likeness (QED) is 0.767. The molecule has 1 aromatic heterocycles. The summed E-state index contributed by atoms with van der Waals surface area (Å²) in [6.45, 7) is 3.62. The molecular formula is C10H15N3O3. The van der Waals surface area contributed by atoms with Gasteiger partial charge >= 0.3 is 5.97 Å². The number of aromatic amines is 1. The monoisotopic (exact) mass is 225 g/mol. The number of nitrogens with one attached hydrogen (secondary N) is 1. The Hall–Kier alpha value is -1.40. The number of imidazole rings is 1. The Bertz CT molecular complexity index is 377. The number of hydrogen-bond acceptors (Lipinski definition) is 4. The number of hydrogen-bond donors (Lipinski definition) is 2. The Morgan fingerprint density at radius 3 is 3.25 bits per heavy atom. The molecular weight excluding hydrogens is 210 g/mol. The summed E-state index contributed by atoms with van der Waals surface area (Å²) in [5.74, 6) is -0.0476. The topological polar surface area (TPSA) is 78.4 Å².